The van der Waals surface area contributed by atoms with Crippen molar-refractivity contribution in [2.45, 2.75) is 0 Å². The van der Waals surface area contributed by atoms with Gasteiger partial charge in [0.15, 0.2) is 0 Å². The normalized spacial score (nSPS) is 17.0. The fourth-order valence-electron chi connectivity index (χ4n) is 2.08. The standard InChI is InChI=1S/C12H17N5O3S2/c1-21(2,18)15-22(19,20)17-8-6-16(7-9-17)12-5-3-4-11(10-13)14-12/h3-5H,6-9H2,1-2H3. The third-order valence-electron chi connectivity index (χ3n) is 3.01. The van der Waals surface area contributed by atoms with Crippen molar-refractivity contribution < 1.29 is 12.6 Å². The average molecular weight is 343 g/mol. The Hall–Kier alpha value is -1.70. The van der Waals surface area contributed by atoms with Crippen LogP contribution in [0, 0.1) is 11.3 Å². The van der Waals surface area contributed by atoms with Crippen molar-refractivity contribution in [1.82, 2.24) is 9.29 Å². The molecule has 0 aromatic carbocycles. The molecule has 1 saturated heterocycles. The highest BCUT2D eigenvalue weighted by atomic mass is 32.3. The molecule has 0 N–H and O–H groups in total. The Morgan fingerprint density at radius 1 is 1.18 bits per heavy atom. The maximum atomic E-state index is 12.0. The van der Waals surface area contributed by atoms with Crippen LogP contribution in [0.3, 0.4) is 0 Å². The van der Waals surface area contributed by atoms with Crippen molar-refractivity contribution in [3.63, 3.8) is 0 Å². The molecular formula is C12H17N5O3S2. The van der Waals surface area contributed by atoms with Gasteiger partial charge in [-0.2, -0.15) is 18.0 Å². The van der Waals surface area contributed by atoms with Gasteiger partial charge >= 0.3 is 10.2 Å². The summed E-state index contributed by atoms with van der Waals surface area (Å²) in [6.45, 7) is 1.34. The van der Waals surface area contributed by atoms with E-state index in [1.165, 1.54) is 16.8 Å². The van der Waals surface area contributed by atoms with Crippen LogP contribution in [0.2, 0.25) is 0 Å². The summed E-state index contributed by atoms with van der Waals surface area (Å²) in [5, 5.41) is 8.86. The van der Waals surface area contributed by atoms with Crippen molar-refractivity contribution in [1.29, 1.82) is 5.26 Å². The summed E-state index contributed by atoms with van der Waals surface area (Å²) in [6, 6.07) is 7.10. The Labute approximate surface area is 130 Å². The van der Waals surface area contributed by atoms with Crippen molar-refractivity contribution in [2.75, 3.05) is 43.6 Å². The van der Waals surface area contributed by atoms with E-state index in [0.717, 1.165) is 0 Å². The van der Waals surface area contributed by atoms with E-state index in [1.807, 2.05) is 11.0 Å². The molecule has 0 radical (unpaired) electrons. The Morgan fingerprint density at radius 3 is 2.36 bits per heavy atom. The van der Waals surface area contributed by atoms with E-state index >= 15 is 0 Å². The predicted octanol–water partition coefficient (Wildman–Crippen LogP) is 0.0477. The number of hydrogen-bond acceptors (Lipinski definition) is 6. The van der Waals surface area contributed by atoms with Crippen molar-refractivity contribution >= 4 is 25.8 Å². The highest BCUT2D eigenvalue weighted by Crippen LogP contribution is 2.16. The lowest BCUT2D eigenvalue weighted by molar-refractivity contribution is 0.385. The number of anilines is 1. The maximum absolute atomic E-state index is 12.0. The van der Waals surface area contributed by atoms with Gasteiger partial charge in [0.2, 0.25) is 0 Å². The van der Waals surface area contributed by atoms with E-state index in [0.29, 0.717) is 24.6 Å². The summed E-state index contributed by atoms with van der Waals surface area (Å²) in [7, 11) is -6.60. The van der Waals surface area contributed by atoms with Crippen LogP contribution in [-0.2, 0) is 19.9 Å². The minimum absolute atomic E-state index is 0.236. The summed E-state index contributed by atoms with van der Waals surface area (Å²) in [5.41, 5.74) is 0.319. The highest BCUT2D eigenvalue weighted by molar-refractivity contribution is 8.01. The van der Waals surface area contributed by atoms with Gasteiger partial charge in [-0.05, 0) is 12.1 Å². The summed E-state index contributed by atoms with van der Waals surface area (Å²) in [4.78, 5) is 6.09. The highest BCUT2D eigenvalue weighted by Gasteiger charge is 2.27. The van der Waals surface area contributed by atoms with Crippen LogP contribution in [0.25, 0.3) is 0 Å². The number of nitrogens with zero attached hydrogens (tertiary/aromatic N) is 5. The summed E-state index contributed by atoms with van der Waals surface area (Å²) in [5.74, 6) is 0.641. The zero-order valence-electron chi connectivity index (χ0n) is 12.3. The van der Waals surface area contributed by atoms with Crippen LogP contribution in [0.4, 0.5) is 5.82 Å². The van der Waals surface area contributed by atoms with Crippen molar-refractivity contribution in [3.05, 3.63) is 23.9 Å². The fourth-order valence-corrected chi connectivity index (χ4v) is 4.90. The first-order chi connectivity index (χ1) is 10.2. The maximum Gasteiger partial charge on any atom is 0.330 e. The van der Waals surface area contributed by atoms with Crippen LogP contribution in [0.5, 0.6) is 0 Å². The predicted molar refractivity (Wildman–Crippen MR) is 84.1 cm³/mol. The molecule has 1 fully saturated rings. The molecule has 22 heavy (non-hydrogen) atoms. The number of rotatable bonds is 3. The van der Waals surface area contributed by atoms with E-state index in [-0.39, 0.29) is 13.1 Å². The Balaban J connectivity index is 2.11. The zero-order chi connectivity index (χ0) is 16.4. The van der Waals surface area contributed by atoms with E-state index in [4.69, 9.17) is 5.26 Å². The molecule has 0 unspecified atom stereocenters. The third-order valence-corrected chi connectivity index (χ3v) is 6.22. The number of pyridine rings is 1. The molecule has 10 heteroatoms. The minimum Gasteiger partial charge on any atom is -0.354 e. The van der Waals surface area contributed by atoms with Gasteiger partial charge in [0, 0.05) is 38.7 Å². The van der Waals surface area contributed by atoms with Gasteiger partial charge in [-0.25, -0.2) is 9.19 Å². The third kappa shape index (κ3) is 4.16. The van der Waals surface area contributed by atoms with Gasteiger partial charge in [0.05, 0.1) is 9.73 Å². The molecule has 1 aliphatic heterocycles. The molecule has 2 rings (SSSR count). The minimum atomic E-state index is -3.88. The first kappa shape index (κ1) is 16.7. The molecular weight excluding hydrogens is 326 g/mol. The molecule has 0 amide bonds. The number of nitriles is 1. The van der Waals surface area contributed by atoms with Gasteiger partial charge in [-0.3, -0.25) is 0 Å². The number of hydrogen-bond donors (Lipinski definition) is 0. The van der Waals surface area contributed by atoms with E-state index in [1.54, 1.807) is 18.2 Å². The smallest absolute Gasteiger partial charge is 0.330 e. The van der Waals surface area contributed by atoms with Gasteiger partial charge < -0.3 is 4.90 Å². The van der Waals surface area contributed by atoms with Crippen molar-refractivity contribution in [2.24, 2.45) is 3.77 Å². The lowest BCUT2D eigenvalue weighted by atomic mass is 10.3. The van der Waals surface area contributed by atoms with Gasteiger partial charge in [-0.1, -0.05) is 9.83 Å². The lowest BCUT2D eigenvalue weighted by Crippen LogP contribution is -2.48. The average Bonchev–Trinajstić information content (AvgIpc) is 2.45. The molecule has 0 bridgehead atoms. The molecule has 1 aliphatic rings. The van der Waals surface area contributed by atoms with Crippen LogP contribution in [-0.4, -0.2) is 60.6 Å². The SMILES string of the molecule is CS(C)(=O)=NS(=O)(=O)N1CCN(c2cccc(C#N)n2)CC1. The topological polar surface area (TPSA) is 107 Å². The number of piperazine rings is 1. The molecule has 0 saturated carbocycles. The first-order valence-corrected chi connectivity index (χ1v) is 10.2. The van der Waals surface area contributed by atoms with Crippen LogP contribution >= 0.6 is 0 Å². The monoisotopic (exact) mass is 343 g/mol. The molecule has 8 nitrogen and oxygen atoms in total. The number of aromatic nitrogens is 1. The second-order valence-corrected chi connectivity index (χ2v) is 9.48. The van der Waals surface area contributed by atoms with Crippen LogP contribution < -0.4 is 4.90 Å². The van der Waals surface area contributed by atoms with Crippen LogP contribution in [0.1, 0.15) is 5.69 Å². The van der Waals surface area contributed by atoms with E-state index < -0.39 is 19.9 Å². The van der Waals surface area contributed by atoms with Gasteiger partial charge in [0.1, 0.15) is 17.6 Å². The Kier molecular flexibility index (Phi) is 4.69. The van der Waals surface area contributed by atoms with Gasteiger partial charge in [-0.15, -0.1) is 0 Å². The summed E-state index contributed by atoms with van der Waals surface area (Å²) >= 11 is 0. The van der Waals surface area contributed by atoms with Crippen LogP contribution in [0.15, 0.2) is 22.0 Å². The molecule has 0 aliphatic carbocycles. The van der Waals surface area contributed by atoms with E-state index in [2.05, 4.69) is 8.75 Å². The Morgan fingerprint density at radius 2 is 1.82 bits per heavy atom. The Bertz CT molecular complexity index is 805. The summed E-state index contributed by atoms with van der Waals surface area (Å²) in [6.07, 6.45) is 2.58. The second kappa shape index (κ2) is 6.20. The molecule has 2 heterocycles. The van der Waals surface area contributed by atoms with Crippen molar-refractivity contribution in [3.8, 4) is 6.07 Å². The quantitative estimate of drug-likeness (QED) is 0.767. The first-order valence-electron chi connectivity index (χ1n) is 6.52. The van der Waals surface area contributed by atoms with E-state index in [9.17, 15) is 12.6 Å². The molecule has 0 atom stereocenters. The largest absolute Gasteiger partial charge is 0.354 e. The van der Waals surface area contributed by atoms with Gasteiger partial charge in [0.25, 0.3) is 0 Å². The zero-order valence-corrected chi connectivity index (χ0v) is 14.0. The molecule has 120 valence electrons. The molecule has 1 aromatic rings. The second-order valence-electron chi connectivity index (χ2n) is 5.11. The molecule has 0 spiro atoms. The summed E-state index contributed by atoms with van der Waals surface area (Å²) < 4.78 is 40.3. The molecule has 1 aromatic heterocycles. The lowest BCUT2D eigenvalue weighted by Gasteiger charge is -2.33. The fraction of sp³-hybridized carbons (Fsp3) is 0.500.